The summed E-state index contributed by atoms with van der Waals surface area (Å²) in [6, 6.07) is 5.60. The number of fused-ring (bicyclic) bond motifs is 1. The van der Waals surface area contributed by atoms with Gasteiger partial charge in [-0.05, 0) is 49.4 Å². The molecule has 0 atom stereocenters. The number of anilines is 1. The molecule has 0 saturated heterocycles. The van der Waals surface area contributed by atoms with Gasteiger partial charge in [-0.1, -0.05) is 0 Å². The molecule has 1 fully saturated rings. The number of rotatable bonds is 3. The zero-order chi connectivity index (χ0) is 14.3. The fourth-order valence-corrected chi connectivity index (χ4v) is 3.54. The van der Waals surface area contributed by atoms with E-state index in [2.05, 4.69) is 5.32 Å². The van der Waals surface area contributed by atoms with E-state index < -0.39 is 10.0 Å². The Bertz CT molecular complexity index is 650. The number of nitrogens with one attached hydrogen (secondary N) is 1. The van der Waals surface area contributed by atoms with E-state index in [-0.39, 0.29) is 5.91 Å². The first-order valence-corrected chi connectivity index (χ1v) is 8.71. The maximum Gasteiger partial charge on any atom is 0.251 e. The third-order valence-electron chi connectivity index (χ3n) is 3.73. The highest BCUT2D eigenvalue weighted by Gasteiger charge is 2.26. The summed E-state index contributed by atoms with van der Waals surface area (Å²) < 4.78 is 25.0. The van der Waals surface area contributed by atoms with Crippen molar-refractivity contribution < 1.29 is 13.2 Å². The Kier molecular flexibility index (Phi) is 3.20. The lowest BCUT2D eigenvalue weighted by atomic mass is 10.0. The lowest BCUT2D eigenvalue weighted by Crippen LogP contribution is -2.34. The van der Waals surface area contributed by atoms with E-state index in [1.807, 2.05) is 6.07 Å². The molecule has 0 spiro atoms. The molecule has 1 aliphatic heterocycles. The van der Waals surface area contributed by atoms with Crippen molar-refractivity contribution in [2.24, 2.45) is 0 Å². The predicted molar refractivity (Wildman–Crippen MR) is 77.4 cm³/mol. The number of hydrogen-bond acceptors (Lipinski definition) is 3. The molecule has 1 saturated carbocycles. The van der Waals surface area contributed by atoms with Crippen molar-refractivity contribution in [3.8, 4) is 0 Å². The molecular formula is C14H18N2O3S. The van der Waals surface area contributed by atoms with Crippen molar-refractivity contribution in [1.82, 2.24) is 5.32 Å². The molecule has 1 aliphatic carbocycles. The van der Waals surface area contributed by atoms with E-state index in [9.17, 15) is 13.2 Å². The molecule has 0 aromatic heterocycles. The van der Waals surface area contributed by atoms with Gasteiger partial charge in [0.05, 0.1) is 11.9 Å². The zero-order valence-corrected chi connectivity index (χ0v) is 12.2. The van der Waals surface area contributed by atoms with Crippen molar-refractivity contribution in [2.75, 3.05) is 17.1 Å². The van der Waals surface area contributed by atoms with Crippen LogP contribution in [0.5, 0.6) is 0 Å². The standard InChI is InChI=1S/C14H18N2O3S/c1-20(18,19)16-8-2-3-10-9-11(4-7-13(10)16)14(17)15-12-5-6-12/h4,7,9,12H,2-3,5-6,8H2,1H3,(H,15,17). The number of aryl methyl sites for hydroxylation is 1. The number of nitrogens with zero attached hydrogens (tertiary/aromatic N) is 1. The molecule has 108 valence electrons. The van der Waals surface area contributed by atoms with E-state index >= 15 is 0 Å². The van der Waals surface area contributed by atoms with Crippen molar-refractivity contribution in [1.29, 1.82) is 0 Å². The Labute approximate surface area is 119 Å². The second-order valence-corrected chi connectivity index (χ2v) is 7.44. The largest absolute Gasteiger partial charge is 0.349 e. The molecule has 0 unspecified atom stereocenters. The quantitative estimate of drug-likeness (QED) is 0.913. The van der Waals surface area contributed by atoms with Crippen LogP contribution in [0, 0.1) is 0 Å². The van der Waals surface area contributed by atoms with Gasteiger partial charge in [-0.25, -0.2) is 8.42 Å². The van der Waals surface area contributed by atoms with Crippen LogP contribution < -0.4 is 9.62 Å². The molecule has 6 heteroatoms. The van der Waals surface area contributed by atoms with Gasteiger partial charge in [0.15, 0.2) is 0 Å². The lowest BCUT2D eigenvalue weighted by molar-refractivity contribution is 0.0951. The van der Waals surface area contributed by atoms with Crippen molar-refractivity contribution in [2.45, 2.75) is 31.7 Å². The monoisotopic (exact) mass is 294 g/mol. The third kappa shape index (κ3) is 2.65. The average Bonchev–Trinajstić information content (AvgIpc) is 3.20. The summed E-state index contributed by atoms with van der Waals surface area (Å²) in [6.07, 6.45) is 4.92. The number of benzene rings is 1. The molecule has 3 rings (SSSR count). The van der Waals surface area contributed by atoms with Crippen LogP contribution in [0.25, 0.3) is 0 Å². The van der Waals surface area contributed by atoms with Gasteiger partial charge >= 0.3 is 0 Å². The predicted octanol–water partition coefficient (Wildman–Crippen LogP) is 1.29. The number of amides is 1. The minimum Gasteiger partial charge on any atom is -0.349 e. The molecule has 1 amide bonds. The minimum atomic E-state index is -3.25. The fraction of sp³-hybridized carbons (Fsp3) is 0.500. The second-order valence-electron chi connectivity index (χ2n) is 5.53. The van der Waals surface area contributed by atoms with Gasteiger partial charge in [-0.2, -0.15) is 0 Å². The first-order chi connectivity index (χ1) is 9.45. The average molecular weight is 294 g/mol. The van der Waals surface area contributed by atoms with Gasteiger partial charge in [0.2, 0.25) is 10.0 Å². The van der Waals surface area contributed by atoms with E-state index in [1.165, 1.54) is 10.6 Å². The molecule has 0 radical (unpaired) electrons. The van der Waals surface area contributed by atoms with Gasteiger partial charge in [0.25, 0.3) is 5.91 Å². The van der Waals surface area contributed by atoms with Gasteiger partial charge in [-0.15, -0.1) is 0 Å². The van der Waals surface area contributed by atoms with E-state index in [4.69, 9.17) is 0 Å². The van der Waals surface area contributed by atoms with Crippen molar-refractivity contribution >= 4 is 21.6 Å². The van der Waals surface area contributed by atoms with Crippen LogP contribution in [0.3, 0.4) is 0 Å². The van der Waals surface area contributed by atoms with Gasteiger partial charge in [0.1, 0.15) is 0 Å². The highest BCUT2D eigenvalue weighted by molar-refractivity contribution is 7.92. The molecule has 1 heterocycles. The summed E-state index contributed by atoms with van der Waals surface area (Å²) in [5.41, 5.74) is 2.26. The van der Waals surface area contributed by atoms with E-state index in [0.29, 0.717) is 23.8 Å². The Morgan fingerprint density at radius 2 is 2.10 bits per heavy atom. The molecule has 0 bridgehead atoms. The van der Waals surface area contributed by atoms with E-state index in [0.717, 1.165) is 31.2 Å². The van der Waals surface area contributed by atoms with Crippen LogP contribution in [0.4, 0.5) is 5.69 Å². The Morgan fingerprint density at radius 1 is 1.35 bits per heavy atom. The minimum absolute atomic E-state index is 0.0632. The van der Waals surface area contributed by atoms with Crippen LogP contribution in [0.2, 0.25) is 0 Å². The van der Waals surface area contributed by atoms with E-state index in [1.54, 1.807) is 12.1 Å². The number of carbonyl (C=O) groups excluding carboxylic acids is 1. The second kappa shape index (κ2) is 4.77. The SMILES string of the molecule is CS(=O)(=O)N1CCCc2cc(C(=O)NC3CC3)ccc21. The van der Waals surface area contributed by atoms with Crippen molar-refractivity contribution in [3.05, 3.63) is 29.3 Å². The number of sulfonamides is 1. The van der Waals surface area contributed by atoms with Crippen LogP contribution in [-0.4, -0.2) is 33.2 Å². The number of carbonyl (C=O) groups is 1. The van der Waals surface area contributed by atoms with Gasteiger partial charge in [-0.3, -0.25) is 9.10 Å². The molecule has 2 aliphatic rings. The highest BCUT2D eigenvalue weighted by Crippen LogP contribution is 2.30. The number of hydrogen-bond donors (Lipinski definition) is 1. The topological polar surface area (TPSA) is 66.5 Å². The van der Waals surface area contributed by atoms with Crippen LogP contribution >= 0.6 is 0 Å². The van der Waals surface area contributed by atoms with Crippen molar-refractivity contribution in [3.63, 3.8) is 0 Å². The molecule has 5 nitrogen and oxygen atoms in total. The lowest BCUT2D eigenvalue weighted by Gasteiger charge is -2.29. The van der Waals surface area contributed by atoms with Crippen LogP contribution in [0.1, 0.15) is 35.2 Å². The maximum atomic E-state index is 12.0. The van der Waals surface area contributed by atoms with Gasteiger partial charge < -0.3 is 5.32 Å². The van der Waals surface area contributed by atoms with Crippen LogP contribution in [0.15, 0.2) is 18.2 Å². The smallest absolute Gasteiger partial charge is 0.251 e. The Balaban J connectivity index is 1.90. The molecule has 1 N–H and O–H groups in total. The first kappa shape index (κ1) is 13.4. The summed E-state index contributed by atoms with van der Waals surface area (Å²) in [7, 11) is -3.25. The fourth-order valence-electron chi connectivity index (χ4n) is 2.54. The Morgan fingerprint density at radius 3 is 2.75 bits per heavy atom. The normalized spacial score (nSPS) is 18.6. The summed E-state index contributed by atoms with van der Waals surface area (Å²) >= 11 is 0. The highest BCUT2D eigenvalue weighted by atomic mass is 32.2. The first-order valence-electron chi connectivity index (χ1n) is 6.86. The van der Waals surface area contributed by atoms with Crippen LogP contribution in [-0.2, 0) is 16.4 Å². The summed E-state index contributed by atoms with van der Waals surface area (Å²) in [4.78, 5) is 12.0. The summed E-state index contributed by atoms with van der Waals surface area (Å²) in [5, 5.41) is 2.95. The molecular weight excluding hydrogens is 276 g/mol. The molecule has 1 aromatic carbocycles. The van der Waals surface area contributed by atoms with Gasteiger partial charge in [0, 0.05) is 18.2 Å². The summed E-state index contributed by atoms with van der Waals surface area (Å²) in [6.45, 7) is 0.513. The summed E-state index contributed by atoms with van der Waals surface area (Å²) in [5.74, 6) is -0.0632. The maximum absolute atomic E-state index is 12.0. The molecule has 1 aromatic rings. The molecule has 20 heavy (non-hydrogen) atoms. The Hall–Kier alpha value is -1.56. The third-order valence-corrected chi connectivity index (χ3v) is 4.91. The zero-order valence-electron chi connectivity index (χ0n) is 11.4.